The zero-order valence-electron chi connectivity index (χ0n) is 32.9. The lowest BCUT2D eigenvalue weighted by molar-refractivity contribution is 0.672. The summed E-state index contributed by atoms with van der Waals surface area (Å²) < 4.78 is 18.1. The molecule has 13 aromatic rings. The molecule has 4 heterocycles. The first-order valence-corrected chi connectivity index (χ1v) is 20.5. The summed E-state index contributed by atoms with van der Waals surface area (Å²) in [4.78, 5) is 0. The highest BCUT2D eigenvalue weighted by Gasteiger charge is 2.24. The van der Waals surface area contributed by atoms with Crippen LogP contribution in [0.1, 0.15) is 11.1 Å². The lowest BCUT2D eigenvalue weighted by Gasteiger charge is -2.18. The number of rotatable bonds is 4. The van der Waals surface area contributed by atoms with Crippen molar-refractivity contribution in [1.29, 1.82) is 10.5 Å². The van der Waals surface area contributed by atoms with Crippen molar-refractivity contribution in [2.45, 2.75) is 0 Å². The van der Waals surface area contributed by atoms with Gasteiger partial charge in [-0.15, -0.1) is 0 Å². The fourth-order valence-electron chi connectivity index (χ4n) is 9.87. The van der Waals surface area contributed by atoms with Gasteiger partial charge in [0.1, 0.15) is 22.3 Å². The van der Waals surface area contributed by atoms with Gasteiger partial charge >= 0.3 is 0 Å². The van der Waals surface area contributed by atoms with E-state index in [-0.39, 0.29) is 0 Å². The van der Waals surface area contributed by atoms with Gasteiger partial charge in [0.2, 0.25) is 0 Å². The normalized spacial score (nSPS) is 11.8. The molecule has 13 rings (SSSR count). The standard InChI is InChI=1S/C56H30N4O2/c57-31-33-17-19-34(20-18-33)45-29-35(21-22-36(45)32-58)38-24-23-37(59-46-13-5-1-11-43(46)53-48(59)27-25-41-39-9-3-7-15-51(39)61-55(41)53)30-50(38)60-47-14-6-2-12-44(47)54-49(60)28-26-42-40-10-4-8-16-52(40)62-56(42)54/h1-30H. The summed E-state index contributed by atoms with van der Waals surface area (Å²) in [7, 11) is 0. The number of furan rings is 2. The molecule has 4 aromatic heterocycles. The Bertz CT molecular complexity index is 4130. The molecule has 0 atom stereocenters. The van der Waals surface area contributed by atoms with E-state index in [2.05, 4.69) is 143 Å². The van der Waals surface area contributed by atoms with Crippen LogP contribution in [0.3, 0.4) is 0 Å². The van der Waals surface area contributed by atoms with Gasteiger partial charge in [-0.25, -0.2) is 0 Å². The van der Waals surface area contributed by atoms with Crippen LogP contribution in [0.2, 0.25) is 0 Å². The van der Waals surface area contributed by atoms with E-state index < -0.39 is 0 Å². The molecule has 0 aliphatic carbocycles. The van der Waals surface area contributed by atoms with Gasteiger partial charge < -0.3 is 18.0 Å². The van der Waals surface area contributed by atoms with Gasteiger partial charge in [-0.05, 0) is 96.1 Å². The topological polar surface area (TPSA) is 83.7 Å². The molecule has 6 nitrogen and oxygen atoms in total. The van der Waals surface area contributed by atoms with Crippen LogP contribution in [0.25, 0.3) is 121 Å². The first-order valence-electron chi connectivity index (χ1n) is 20.5. The van der Waals surface area contributed by atoms with E-state index >= 15 is 0 Å². The predicted octanol–water partition coefficient (Wildman–Crippen LogP) is 14.8. The van der Waals surface area contributed by atoms with Gasteiger partial charge in [0.15, 0.2) is 0 Å². The second-order valence-electron chi connectivity index (χ2n) is 15.8. The zero-order chi connectivity index (χ0) is 41.1. The van der Waals surface area contributed by atoms with E-state index in [0.717, 1.165) is 121 Å². The quantitative estimate of drug-likeness (QED) is 0.178. The first-order chi connectivity index (χ1) is 30.7. The largest absolute Gasteiger partial charge is 0.455 e. The summed E-state index contributed by atoms with van der Waals surface area (Å²) >= 11 is 0. The Kier molecular flexibility index (Phi) is 7.05. The molecule has 0 aliphatic heterocycles. The van der Waals surface area contributed by atoms with Gasteiger partial charge in [0, 0.05) is 49.1 Å². The predicted molar refractivity (Wildman–Crippen MR) is 250 cm³/mol. The van der Waals surface area contributed by atoms with E-state index in [4.69, 9.17) is 8.83 Å². The summed E-state index contributed by atoms with van der Waals surface area (Å²) in [5, 5.41) is 28.5. The Balaban J connectivity index is 1.14. The average molecular weight is 791 g/mol. The Morgan fingerprint density at radius 1 is 0.387 bits per heavy atom. The van der Waals surface area contributed by atoms with Crippen molar-refractivity contribution in [1.82, 2.24) is 9.13 Å². The number of hydrogen-bond donors (Lipinski definition) is 0. The fraction of sp³-hybridized carbons (Fsp3) is 0. The molecule has 286 valence electrons. The lowest BCUT2D eigenvalue weighted by Crippen LogP contribution is -2.01. The van der Waals surface area contributed by atoms with Crippen LogP contribution in [0, 0.1) is 22.7 Å². The zero-order valence-corrected chi connectivity index (χ0v) is 32.9. The second kappa shape index (κ2) is 12.8. The molecule has 0 fully saturated rings. The fourth-order valence-corrected chi connectivity index (χ4v) is 9.87. The Morgan fingerprint density at radius 2 is 0.935 bits per heavy atom. The van der Waals surface area contributed by atoms with Crippen molar-refractivity contribution in [3.63, 3.8) is 0 Å². The van der Waals surface area contributed by atoms with E-state index in [1.807, 2.05) is 48.5 Å². The van der Waals surface area contributed by atoms with Crippen LogP contribution in [-0.4, -0.2) is 9.13 Å². The van der Waals surface area contributed by atoms with Crippen LogP contribution < -0.4 is 0 Å². The number of nitrogens with zero attached hydrogens (tertiary/aromatic N) is 4. The molecular formula is C56H30N4O2. The molecule has 0 bridgehead atoms. The molecule has 9 aromatic carbocycles. The molecule has 0 aliphatic rings. The first kappa shape index (κ1) is 34.1. The molecule has 0 saturated heterocycles. The lowest BCUT2D eigenvalue weighted by atomic mass is 9.93. The van der Waals surface area contributed by atoms with E-state index in [1.54, 1.807) is 12.1 Å². The van der Waals surface area contributed by atoms with Crippen molar-refractivity contribution in [3.05, 3.63) is 193 Å². The number of nitriles is 2. The molecule has 0 radical (unpaired) electrons. The Labute approximate surface area is 353 Å². The summed E-state index contributed by atoms with van der Waals surface area (Å²) in [6.07, 6.45) is 0. The minimum Gasteiger partial charge on any atom is -0.455 e. The van der Waals surface area contributed by atoms with Crippen LogP contribution >= 0.6 is 0 Å². The Morgan fingerprint density at radius 3 is 1.55 bits per heavy atom. The van der Waals surface area contributed by atoms with E-state index in [9.17, 15) is 10.5 Å². The summed E-state index contributed by atoms with van der Waals surface area (Å²) in [5.74, 6) is 0. The highest BCUT2D eigenvalue weighted by Crippen LogP contribution is 2.45. The van der Waals surface area contributed by atoms with E-state index in [0.29, 0.717) is 11.1 Å². The van der Waals surface area contributed by atoms with Gasteiger partial charge in [-0.2, -0.15) is 10.5 Å². The van der Waals surface area contributed by atoms with Crippen molar-refractivity contribution >= 4 is 87.5 Å². The summed E-state index contributed by atoms with van der Waals surface area (Å²) in [6, 6.07) is 67.1. The number of benzene rings is 9. The molecule has 62 heavy (non-hydrogen) atoms. The minimum absolute atomic E-state index is 0.558. The molecule has 0 amide bonds. The van der Waals surface area contributed by atoms with Crippen molar-refractivity contribution < 1.29 is 8.83 Å². The molecule has 0 N–H and O–H groups in total. The highest BCUT2D eigenvalue weighted by atomic mass is 16.3. The smallest absolute Gasteiger partial charge is 0.145 e. The minimum atomic E-state index is 0.558. The van der Waals surface area contributed by atoms with Gasteiger partial charge in [0.05, 0.1) is 61.8 Å². The molecule has 0 spiro atoms. The third-order valence-corrected chi connectivity index (χ3v) is 12.6. The number of aromatic nitrogens is 2. The maximum Gasteiger partial charge on any atom is 0.145 e. The maximum atomic E-state index is 10.3. The van der Waals surface area contributed by atoms with Crippen molar-refractivity contribution in [3.8, 4) is 45.8 Å². The molecule has 0 unspecified atom stereocenters. The van der Waals surface area contributed by atoms with Gasteiger partial charge in [-0.3, -0.25) is 0 Å². The molecule has 6 heteroatoms. The van der Waals surface area contributed by atoms with Crippen LogP contribution in [0.15, 0.2) is 191 Å². The SMILES string of the molecule is N#Cc1ccc(-c2cc(-c3ccc(-n4c5ccccc5c5c6oc7ccccc7c6ccc54)cc3-n3c4ccccc4c4c5oc6ccccc6c5ccc43)ccc2C#N)cc1. The molecular weight excluding hydrogens is 761 g/mol. The molecule has 0 saturated carbocycles. The summed E-state index contributed by atoms with van der Waals surface area (Å²) in [5.41, 5.74) is 14.3. The van der Waals surface area contributed by atoms with E-state index in [1.165, 1.54) is 0 Å². The summed E-state index contributed by atoms with van der Waals surface area (Å²) in [6.45, 7) is 0. The van der Waals surface area contributed by atoms with Crippen molar-refractivity contribution in [2.24, 2.45) is 0 Å². The maximum absolute atomic E-state index is 10.3. The van der Waals surface area contributed by atoms with Crippen LogP contribution in [0.4, 0.5) is 0 Å². The number of fused-ring (bicyclic) bond motifs is 14. The third-order valence-electron chi connectivity index (χ3n) is 12.6. The highest BCUT2D eigenvalue weighted by molar-refractivity contribution is 6.25. The third kappa shape index (κ3) is 4.72. The Hall–Kier alpha value is -8.84. The number of para-hydroxylation sites is 4. The number of hydrogen-bond acceptors (Lipinski definition) is 4. The second-order valence-corrected chi connectivity index (χ2v) is 15.8. The monoisotopic (exact) mass is 790 g/mol. The van der Waals surface area contributed by atoms with Crippen LogP contribution in [0.5, 0.6) is 0 Å². The van der Waals surface area contributed by atoms with Gasteiger partial charge in [-0.1, -0.05) is 97.1 Å². The van der Waals surface area contributed by atoms with Crippen LogP contribution in [-0.2, 0) is 0 Å². The van der Waals surface area contributed by atoms with Crippen molar-refractivity contribution in [2.75, 3.05) is 0 Å². The van der Waals surface area contributed by atoms with Gasteiger partial charge in [0.25, 0.3) is 0 Å². The average Bonchev–Trinajstić information content (AvgIpc) is 4.09.